The van der Waals surface area contributed by atoms with Gasteiger partial charge in [0.2, 0.25) is 0 Å². The molecule has 8 nitrogen and oxygen atoms in total. The molecule has 0 saturated carbocycles. The van der Waals surface area contributed by atoms with E-state index in [4.69, 9.17) is 0 Å². The van der Waals surface area contributed by atoms with Crippen molar-refractivity contribution >= 4 is 29.0 Å². The Hall–Kier alpha value is -7.06. The number of hydrogen-bond donors (Lipinski definition) is 2. The molecule has 0 radical (unpaired) electrons. The fourth-order valence-electron chi connectivity index (χ4n) is 6.46. The standard InChI is InChI=1S/C46H37N5O3/c1-29-19-32(26-47-42(29)33-13-7-4-8-14-33)22-41(52)36-23-37(45(53)50-39-20-30(2)43(48-27-39)34-15-9-5-10-16-34)25-38(24-36)46(54)51-40-21-31(3)44(49-28-40)35-17-11-6-12-18-35/h4-21,23-28H,22H2,1-3H3,(H,50,53)(H,51,54). The van der Waals surface area contributed by atoms with Crippen LogP contribution in [-0.4, -0.2) is 32.5 Å². The molecule has 0 bridgehead atoms. The third kappa shape index (κ3) is 8.03. The average molecular weight is 708 g/mol. The van der Waals surface area contributed by atoms with Gasteiger partial charge in [0.1, 0.15) is 0 Å². The van der Waals surface area contributed by atoms with Crippen LogP contribution in [0.5, 0.6) is 0 Å². The van der Waals surface area contributed by atoms with E-state index in [-0.39, 0.29) is 28.9 Å². The van der Waals surface area contributed by atoms with Crippen LogP contribution in [0, 0.1) is 20.8 Å². The van der Waals surface area contributed by atoms with E-state index in [2.05, 4.69) is 25.6 Å². The van der Waals surface area contributed by atoms with E-state index in [9.17, 15) is 14.4 Å². The number of hydrogen-bond acceptors (Lipinski definition) is 6. The maximum atomic E-state index is 13.9. The van der Waals surface area contributed by atoms with Crippen LogP contribution in [0.15, 0.2) is 146 Å². The highest BCUT2D eigenvalue weighted by Gasteiger charge is 2.19. The van der Waals surface area contributed by atoms with E-state index in [0.29, 0.717) is 11.4 Å². The molecule has 2 amide bonds. The van der Waals surface area contributed by atoms with Gasteiger partial charge in [-0.05, 0) is 73.4 Å². The van der Waals surface area contributed by atoms with Crippen molar-refractivity contribution in [1.29, 1.82) is 0 Å². The van der Waals surface area contributed by atoms with E-state index >= 15 is 0 Å². The molecule has 7 aromatic rings. The van der Waals surface area contributed by atoms with Gasteiger partial charge in [0, 0.05) is 46.0 Å². The fraction of sp³-hybridized carbons (Fsp3) is 0.0870. The Labute approximate surface area is 314 Å². The summed E-state index contributed by atoms with van der Waals surface area (Å²) < 4.78 is 0. The number of ketones is 1. The van der Waals surface area contributed by atoms with Crippen LogP contribution >= 0.6 is 0 Å². The molecule has 0 aliphatic carbocycles. The van der Waals surface area contributed by atoms with E-state index in [1.54, 1.807) is 18.6 Å². The number of amides is 2. The summed E-state index contributed by atoms with van der Waals surface area (Å²) in [5, 5.41) is 5.81. The summed E-state index contributed by atoms with van der Waals surface area (Å²) in [7, 11) is 0. The summed E-state index contributed by atoms with van der Waals surface area (Å²) in [6.45, 7) is 5.82. The van der Waals surface area contributed by atoms with Crippen molar-refractivity contribution in [3.05, 3.63) is 185 Å². The van der Waals surface area contributed by atoms with Gasteiger partial charge in [0.25, 0.3) is 11.8 Å². The molecule has 0 spiro atoms. The molecular weight excluding hydrogens is 671 g/mol. The Morgan fingerprint density at radius 1 is 0.463 bits per heavy atom. The van der Waals surface area contributed by atoms with Crippen molar-refractivity contribution in [1.82, 2.24) is 15.0 Å². The lowest BCUT2D eigenvalue weighted by atomic mass is 9.97. The Balaban J connectivity index is 1.17. The monoisotopic (exact) mass is 707 g/mol. The molecule has 54 heavy (non-hydrogen) atoms. The summed E-state index contributed by atoms with van der Waals surface area (Å²) in [5.74, 6) is -1.23. The van der Waals surface area contributed by atoms with Gasteiger partial charge in [-0.25, -0.2) is 0 Å². The van der Waals surface area contributed by atoms with E-state index in [0.717, 1.165) is 56.0 Å². The number of rotatable bonds is 10. The van der Waals surface area contributed by atoms with E-state index in [1.807, 2.05) is 130 Å². The molecule has 3 heterocycles. The van der Waals surface area contributed by atoms with Crippen LogP contribution in [0.2, 0.25) is 0 Å². The molecule has 2 N–H and O–H groups in total. The zero-order valence-corrected chi connectivity index (χ0v) is 30.1. The normalized spacial score (nSPS) is 10.8. The van der Waals surface area contributed by atoms with Crippen molar-refractivity contribution in [2.75, 3.05) is 10.6 Å². The van der Waals surface area contributed by atoms with E-state index in [1.165, 1.54) is 18.2 Å². The zero-order valence-electron chi connectivity index (χ0n) is 30.1. The highest BCUT2D eigenvalue weighted by atomic mass is 16.2. The number of benzene rings is 4. The third-order valence-corrected chi connectivity index (χ3v) is 9.09. The van der Waals surface area contributed by atoms with Gasteiger partial charge in [0.05, 0.1) is 40.9 Å². The molecular formula is C46H37N5O3. The van der Waals surface area contributed by atoms with Crippen LogP contribution in [0.25, 0.3) is 33.8 Å². The van der Waals surface area contributed by atoms with E-state index < -0.39 is 11.8 Å². The maximum absolute atomic E-state index is 13.9. The molecule has 7 rings (SSSR count). The number of nitrogens with one attached hydrogen (secondary N) is 2. The van der Waals surface area contributed by atoms with Crippen LogP contribution < -0.4 is 10.6 Å². The van der Waals surface area contributed by atoms with Crippen molar-refractivity contribution in [3.63, 3.8) is 0 Å². The quantitative estimate of drug-likeness (QED) is 0.137. The lowest BCUT2D eigenvalue weighted by Gasteiger charge is -2.13. The zero-order chi connectivity index (χ0) is 37.6. The summed E-state index contributed by atoms with van der Waals surface area (Å²) in [4.78, 5) is 55.3. The predicted octanol–water partition coefficient (Wildman–Crippen LogP) is 9.73. The fourth-order valence-corrected chi connectivity index (χ4v) is 6.46. The topological polar surface area (TPSA) is 114 Å². The number of anilines is 2. The lowest BCUT2D eigenvalue weighted by molar-refractivity contribution is 0.0992. The molecule has 0 aliphatic rings. The first-order valence-electron chi connectivity index (χ1n) is 17.6. The second-order valence-electron chi connectivity index (χ2n) is 13.2. The third-order valence-electron chi connectivity index (χ3n) is 9.09. The minimum Gasteiger partial charge on any atom is -0.321 e. The lowest BCUT2D eigenvalue weighted by Crippen LogP contribution is -2.18. The number of aryl methyl sites for hydroxylation is 3. The Bertz CT molecular complexity index is 2210. The second-order valence-corrected chi connectivity index (χ2v) is 13.2. The highest BCUT2D eigenvalue weighted by molar-refractivity contribution is 6.11. The summed E-state index contributed by atoms with van der Waals surface area (Å²) in [6.07, 6.45) is 4.92. The number of aromatic nitrogens is 3. The van der Waals surface area contributed by atoms with Gasteiger partial charge in [-0.2, -0.15) is 0 Å². The van der Waals surface area contributed by atoms with Crippen molar-refractivity contribution in [2.45, 2.75) is 27.2 Å². The van der Waals surface area contributed by atoms with Crippen molar-refractivity contribution in [2.24, 2.45) is 0 Å². The Morgan fingerprint density at radius 3 is 1.22 bits per heavy atom. The number of carbonyl (C=O) groups excluding carboxylic acids is 3. The van der Waals surface area contributed by atoms with Crippen LogP contribution in [0.3, 0.4) is 0 Å². The van der Waals surface area contributed by atoms with Gasteiger partial charge in [-0.3, -0.25) is 29.3 Å². The molecule has 0 unspecified atom stereocenters. The summed E-state index contributed by atoms with van der Waals surface area (Å²) in [5.41, 5.74) is 10.3. The van der Waals surface area contributed by atoms with Crippen molar-refractivity contribution < 1.29 is 14.4 Å². The number of nitrogens with zero attached hydrogens (tertiary/aromatic N) is 3. The first-order chi connectivity index (χ1) is 26.2. The molecule has 264 valence electrons. The van der Waals surface area contributed by atoms with Gasteiger partial charge in [-0.15, -0.1) is 0 Å². The largest absolute Gasteiger partial charge is 0.321 e. The van der Waals surface area contributed by atoms with Crippen LogP contribution in [0.4, 0.5) is 11.4 Å². The molecule has 3 aromatic heterocycles. The molecule has 0 fully saturated rings. The van der Waals surface area contributed by atoms with Gasteiger partial charge < -0.3 is 10.6 Å². The van der Waals surface area contributed by atoms with Gasteiger partial charge in [-0.1, -0.05) is 97.1 Å². The SMILES string of the molecule is Cc1cc(CC(=O)c2cc(C(=O)Nc3cnc(-c4ccccc4)c(C)c3)cc(C(=O)Nc3cnc(-c4ccccc4)c(C)c3)c2)cnc1-c1ccccc1. The average Bonchev–Trinajstić information content (AvgIpc) is 3.19. The van der Waals surface area contributed by atoms with Gasteiger partial charge in [0.15, 0.2) is 5.78 Å². The molecule has 0 aliphatic heterocycles. The predicted molar refractivity (Wildman–Crippen MR) is 214 cm³/mol. The molecule has 0 atom stereocenters. The van der Waals surface area contributed by atoms with Gasteiger partial charge >= 0.3 is 0 Å². The molecule has 0 saturated heterocycles. The minimum atomic E-state index is -0.484. The number of carbonyl (C=O) groups is 3. The Kier molecular flexibility index (Phi) is 10.3. The number of Topliss-reactive ketones (excluding diaryl/α,β-unsaturated/α-hetero) is 1. The Morgan fingerprint density at radius 2 is 0.833 bits per heavy atom. The number of pyridine rings is 3. The maximum Gasteiger partial charge on any atom is 0.255 e. The van der Waals surface area contributed by atoms with Crippen LogP contribution in [-0.2, 0) is 6.42 Å². The molecule has 8 heteroatoms. The molecule has 4 aromatic carbocycles. The first kappa shape index (κ1) is 35.3. The summed E-state index contributed by atoms with van der Waals surface area (Å²) >= 11 is 0. The first-order valence-corrected chi connectivity index (χ1v) is 17.6. The smallest absolute Gasteiger partial charge is 0.255 e. The van der Waals surface area contributed by atoms with Crippen molar-refractivity contribution in [3.8, 4) is 33.8 Å². The summed E-state index contributed by atoms with van der Waals surface area (Å²) in [6, 6.07) is 39.6. The van der Waals surface area contributed by atoms with Crippen LogP contribution in [0.1, 0.15) is 53.3 Å². The highest BCUT2D eigenvalue weighted by Crippen LogP contribution is 2.26. The minimum absolute atomic E-state index is 0.0309. The second kappa shape index (κ2) is 15.7.